The van der Waals surface area contributed by atoms with Crippen LogP contribution in [0.15, 0.2) is 23.3 Å². The fourth-order valence-corrected chi connectivity index (χ4v) is 5.82. The minimum atomic E-state index is -0.508. The maximum Gasteiger partial charge on any atom is 0.255 e. The fourth-order valence-electron chi connectivity index (χ4n) is 5.16. The Morgan fingerprint density at radius 2 is 2.06 bits per heavy atom. The van der Waals surface area contributed by atoms with Crippen molar-refractivity contribution in [2.24, 2.45) is 18.0 Å². The highest BCUT2D eigenvalue weighted by atomic mass is 35.5. The third-order valence-electron chi connectivity index (χ3n) is 6.93. The van der Waals surface area contributed by atoms with Crippen molar-refractivity contribution in [3.63, 3.8) is 0 Å². The van der Waals surface area contributed by atoms with E-state index in [0.29, 0.717) is 53.1 Å². The Bertz CT molecular complexity index is 1180. The SMILES string of the molecule is COC(c1cc(Cl)c2c(c1Cl)C(=O)N(CC1C(=O)N=C(C)c3c1ccn3C)CC2)C1COC1. The van der Waals surface area contributed by atoms with Gasteiger partial charge in [-0.2, -0.15) is 0 Å². The van der Waals surface area contributed by atoms with Crippen molar-refractivity contribution in [3.05, 3.63) is 56.3 Å². The van der Waals surface area contributed by atoms with Crippen molar-refractivity contribution in [2.75, 3.05) is 33.4 Å². The van der Waals surface area contributed by atoms with Crippen LogP contribution in [0.2, 0.25) is 10.0 Å². The van der Waals surface area contributed by atoms with E-state index >= 15 is 0 Å². The Hall–Kier alpha value is -2.19. The van der Waals surface area contributed by atoms with Gasteiger partial charge < -0.3 is 18.9 Å². The van der Waals surface area contributed by atoms with Gasteiger partial charge in [-0.1, -0.05) is 23.2 Å². The highest BCUT2D eigenvalue weighted by Gasteiger charge is 2.38. The van der Waals surface area contributed by atoms with Crippen LogP contribution in [0.4, 0.5) is 0 Å². The molecule has 2 atom stereocenters. The number of methoxy groups -OCH3 is 1. The summed E-state index contributed by atoms with van der Waals surface area (Å²) >= 11 is 13.4. The predicted octanol–water partition coefficient (Wildman–Crippen LogP) is 3.80. The first-order valence-electron chi connectivity index (χ1n) is 11.0. The van der Waals surface area contributed by atoms with Gasteiger partial charge in [0.2, 0.25) is 0 Å². The van der Waals surface area contributed by atoms with Crippen molar-refractivity contribution < 1.29 is 19.1 Å². The molecule has 0 spiro atoms. The van der Waals surface area contributed by atoms with E-state index in [9.17, 15) is 9.59 Å². The van der Waals surface area contributed by atoms with Crippen molar-refractivity contribution in [3.8, 4) is 0 Å². The smallest absolute Gasteiger partial charge is 0.255 e. The third kappa shape index (κ3) is 3.62. The van der Waals surface area contributed by atoms with Crippen LogP contribution in [-0.2, 0) is 27.7 Å². The molecule has 5 rings (SSSR count). The molecule has 1 saturated heterocycles. The molecule has 1 fully saturated rings. The summed E-state index contributed by atoms with van der Waals surface area (Å²) in [6.45, 7) is 3.69. The normalized spacial score (nSPS) is 21.4. The van der Waals surface area contributed by atoms with Crippen LogP contribution in [-0.4, -0.2) is 60.4 Å². The Morgan fingerprint density at radius 3 is 2.73 bits per heavy atom. The number of fused-ring (bicyclic) bond motifs is 2. The lowest BCUT2D eigenvalue weighted by Crippen LogP contribution is -2.43. The Labute approximate surface area is 202 Å². The molecule has 0 bridgehead atoms. The van der Waals surface area contributed by atoms with Gasteiger partial charge in [-0.3, -0.25) is 9.59 Å². The lowest BCUT2D eigenvalue weighted by molar-refractivity contribution is -0.119. The van der Waals surface area contributed by atoms with Gasteiger partial charge in [0.05, 0.1) is 47.2 Å². The van der Waals surface area contributed by atoms with E-state index in [2.05, 4.69) is 4.99 Å². The van der Waals surface area contributed by atoms with E-state index in [4.69, 9.17) is 32.7 Å². The molecule has 2 unspecified atom stereocenters. The molecule has 33 heavy (non-hydrogen) atoms. The quantitative estimate of drug-likeness (QED) is 0.640. The van der Waals surface area contributed by atoms with Gasteiger partial charge in [0.1, 0.15) is 0 Å². The first-order valence-corrected chi connectivity index (χ1v) is 11.7. The lowest BCUT2D eigenvalue weighted by Gasteiger charge is -2.36. The molecule has 0 saturated carbocycles. The number of ether oxygens (including phenoxy) is 2. The van der Waals surface area contributed by atoms with Gasteiger partial charge in [0, 0.05) is 49.9 Å². The zero-order valence-electron chi connectivity index (χ0n) is 18.7. The summed E-state index contributed by atoms with van der Waals surface area (Å²) in [6, 6.07) is 3.75. The second-order valence-electron chi connectivity index (χ2n) is 8.89. The fraction of sp³-hybridized carbons (Fsp3) is 0.458. The molecule has 1 aromatic carbocycles. The molecule has 174 valence electrons. The third-order valence-corrected chi connectivity index (χ3v) is 7.68. The van der Waals surface area contributed by atoms with E-state index in [1.165, 1.54) is 0 Å². The Balaban J connectivity index is 1.48. The molecule has 0 N–H and O–H groups in total. The van der Waals surface area contributed by atoms with Gasteiger partial charge in [-0.25, -0.2) is 4.99 Å². The monoisotopic (exact) mass is 489 g/mol. The van der Waals surface area contributed by atoms with Crippen LogP contribution in [0, 0.1) is 5.92 Å². The van der Waals surface area contributed by atoms with E-state index in [1.54, 1.807) is 12.0 Å². The molecule has 3 aliphatic rings. The van der Waals surface area contributed by atoms with Gasteiger partial charge in [-0.05, 0) is 36.6 Å². The summed E-state index contributed by atoms with van der Waals surface area (Å²) in [5.74, 6) is -0.797. The largest absolute Gasteiger partial charge is 0.380 e. The number of carbonyl (C=O) groups excluding carboxylic acids is 2. The summed E-state index contributed by atoms with van der Waals surface area (Å²) in [6.07, 6.45) is 2.18. The molecule has 3 aliphatic heterocycles. The summed E-state index contributed by atoms with van der Waals surface area (Å²) in [5, 5.41) is 0.881. The van der Waals surface area contributed by atoms with Crippen LogP contribution in [0.3, 0.4) is 0 Å². The molecule has 7 nitrogen and oxygen atoms in total. The van der Waals surface area contributed by atoms with E-state index in [0.717, 1.165) is 16.8 Å². The van der Waals surface area contributed by atoms with E-state index in [-0.39, 0.29) is 30.4 Å². The number of aryl methyl sites for hydroxylation is 1. The number of hydrogen-bond acceptors (Lipinski definition) is 4. The molecule has 4 heterocycles. The lowest BCUT2D eigenvalue weighted by atomic mass is 9.88. The Kier molecular flexibility index (Phi) is 5.85. The zero-order chi connectivity index (χ0) is 23.4. The number of amides is 2. The standard InChI is InChI=1S/C24H25Cl2N3O4/c1-12-21-14(4-6-28(21)2)17(23(30)27-12)9-29-7-5-15-18(25)8-16(20(26)19(15)24(29)31)22(32-3)13-10-33-11-13/h4,6,8,13,17,22H,5,7,9-11H2,1-3H3. The number of benzene rings is 1. The van der Waals surface area contributed by atoms with Crippen molar-refractivity contribution in [1.29, 1.82) is 0 Å². The van der Waals surface area contributed by atoms with Gasteiger partial charge >= 0.3 is 0 Å². The van der Waals surface area contributed by atoms with Crippen molar-refractivity contribution in [1.82, 2.24) is 9.47 Å². The number of carbonyl (C=O) groups is 2. The van der Waals surface area contributed by atoms with Crippen LogP contribution >= 0.6 is 23.2 Å². The molecule has 0 aliphatic carbocycles. The molecule has 2 amide bonds. The number of rotatable bonds is 5. The Morgan fingerprint density at radius 1 is 1.30 bits per heavy atom. The molecule has 2 aromatic rings. The molecule has 9 heteroatoms. The summed E-state index contributed by atoms with van der Waals surface area (Å²) in [7, 11) is 3.55. The second-order valence-corrected chi connectivity index (χ2v) is 9.67. The van der Waals surface area contributed by atoms with Crippen LogP contribution in [0.5, 0.6) is 0 Å². The first-order chi connectivity index (χ1) is 15.8. The average Bonchev–Trinajstić information content (AvgIpc) is 3.13. The number of aliphatic imine (C=N–C) groups is 1. The molecular formula is C24H25Cl2N3O4. The maximum atomic E-state index is 13.6. The van der Waals surface area contributed by atoms with Crippen molar-refractivity contribution in [2.45, 2.75) is 25.4 Å². The number of aromatic nitrogens is 1. The minimum Gasteiger partial charge on any atom is -0.380 e. The van der Waals surface area contributed by atoms with Gasteiger partial charge in [0.15, 0.2) is 0 Å². The molecule has 0 radical (unpaired) electrons. The summed E-state index contributed by atoms with van der Waals surface area (Å²) in [5.41, 5.74) is 4.37. The van der Waals surface area contributed by atoms with Gasteiger partial charge in [0.25, 0.3) is 11.8 Å². The summed E-state index contributed by atoms with van der Waals surface area (Å²) in [4.78, 5) is 32.4. The predicted molar refractivity (Wildman–Crippen MR) is 126 cm³/mol. The number of halogens is 2. The second kappa shape index (κ2) is 8.55. The molecule has 1 aromatic heterocycles. The van der Waals surface area contributed by atoms with Crippen LogP contribution in [0.1, 0.15) is 51.7 Å². The highest BCUT2D eigenvalue weighted by Crippen LogP contribution is 2.42. The first kappa shape index (κ1) is 22.6. The van der Waals surface area contributed by atoms with Gasteiger partial charge in [-0.15, -0.1) is 0 Å². The zero-order valence-corrected chi connectivity index (χ0v) is 20.2. The van der Waals surface area contributed by atoms with Crippen LogP contribution < -0.4 is 0 Å². The summed E-state index contributed by atoms with van der Waals surface area (Å²) < 4.78 is 13.0. The number of nitrogens with zero attached hydrogens (tertiary/aromatic N) is 3. The van der Waals surface area contributed by atoms with E-state index in [1.807, 2.05) is 36.9 Å². The minimum absolute atomic E-state index is 0.161. The highest BCUT2D eigenvalue weighted by molar-refractivity contribution is 6.37. The molecular weight excluding hydrogens is 465 g/mol. The topological polar surface area (TPSA) is 73.1 Å². The van der Waals surface area contributed by atoms with E-state index < -0.39 is 5.92 Å². The van der Waals surface area contributed by atoms with Crippen molar-refractivity contribution >= 4 is 40.7 Å². The number of hydrogen-bond donors (Lipinski definition) is 0. The maximum absolute atomic E-state index is 13.6. The van der Waals surface area contributed by atoms with Crippen LogP contribution in [0.25, 0.3) is 0 Å². The average molecular weight is 490 g/mol.